The molecule has 0 unspecified atom stereocenters. The predicted molar refractivity (Wildman–Crippen MR) is 101 cm³/mol. The first-order valence-electron chi connectivity index (χ1n) is 8.59. The van der Waals surface area contributed by atoms with Crippen molar-refractivity contribution in [2.45, 2.75) is 39.8 Å². The van der Waals surface area contributed by atoms with E-state index in [2.05, 4.69) is 48.2 Å². The molecule has 0 aromatic heterocycles. The van der Waals surface area contributed by atoms with Gasteiger partial charge in [0.15, 0.2) is 5.96 Å². The summed E-state index contributed by atoms with van der Waals surface area (Å²) < 4.78 is 5.13. The van der Waals surface area contributed by atoms with Gasteiger partial charge in [0.05, 0.1) is 13.7 Å². The van der Waals surface area contributed by atoms with Crippen molar-refractivity contribution in [3.63, 3.8) is 0 Å². The Morgan fingerprint density at radius 1 is 1.20 bits per heavy atom. The van der Waals surface area contributed by atoms with E-state index >= 15 is 0 Å². The van der Waals surface area contributed by atoms with Crippen molar-refractivity contribution in [3.8, 4) is 5.75 Å². The second kappa shape index (κ2) is 7.33. The molecule has 1 fully saturated rings. The average Bonchev–Trinajstić information content (AvgIpc) is 2.59. The first-order chi connectivity index (χ1) is 11.7. The van der Waals surface area contributed by atoms with Crippen molar-refractivity contribution in [2.24, 2.45) is 10.4 Å². The molecule has 0 bridgehead atoms. The van der Waals surface area contributed by atoms with Gasteiger partial charge in [0.25, 0.3) is 0 Å². The Labute approximate surface area is 150 Å². The first-order valence-corrected chi connectivity index (χ1v) is 8.59. The Balaban J connectivity index is 1.80. The van der Waals surface area contributed by atoms with Crippen molar-refractivity contribution < 1.29 is 9.53 Å². The predicted octanol–water partition coefficient (Wildman–Crippen LogP) is 2.01. The third-order valence-electron chi connectivity index (χ3n) is 5.41. The zero-order chi connectivity index (χ0) is 18.7. The Hall–Kier alpha value is -2.24. The minimum Gasteiger partial charge on any atom is -0.497 e. The lowest BCUT2D eigenvalue weighted by atomic mass is 9.65. The standard InChI is InChI=1S/C19H30N4O2/c1-18(2)13-23(19(18,3)4)17(20-5)22-12-16(24)21-11-14-7-9-15(25-6)10-8-14/h7-10H,11-13H2,1-6H3,(H,20,22)(H,21,24). The molecule has 1 amide bonds. The number of ether oxygens (including phenoxy) is 1. The summed E-state index contributed by atoms with van der Waals surface area (Å²) >= 11 is 0. The number of hydrogen-bond acceptors (Lipinski definition) is 3. The topological polar surface area (TPSA) is 66.0 Å². The van der Waals surface area contributed by atoms with Crippen LogP contribution in [-0.2, 0) is 11.3 Å². The molecule has 1 heterocycles. The van der Waals surface area contributed by atoms with Gasteiger partial charge in [0.1, 0.15) is 5.75 Å². The molecule has 0 radical (unpaired) electrons. The molecule has 1 aliphatic rings. The molecule has 0 spiro atoms. The van der Waals surface area contributed by atoms with E-state index in [0.717, 1.165) is 23.8 Å². The third-order valence-corrected chi connectivity index (χ3v) is 5.41. The summed E-state index contributed by atoms with van der Waals surface area (Å²) in [4.78, 5) is 18.6. The zero-order valence-electron chi connectivity index (χ0n) is 16.1. The lowest BCUT2D eigenvalue weighted by Gasteiger charge is -2.62. The minimum atomic E-state index is -0.0606. The van der Waals surface area contributed by atoms with Gasteiger partial charge in [-0.15, -0.1) is 0 Å². The minimum absolute atomic E-state index is 0.00835. The maximum Gasteiger partial charge on any atom is 0.239 e. The second-order valence-electron chi connectivity index (χ2n) is 7.55. The molecule has 0 saturated carbocycles. The van der Waals surface area contributed by atoms with Gasteiger partial charge in [0, 0.05) is 31.1 Å². The molecule has 1 aromatic carbocycles. The summed E-state index contributed by atoms with van der Waals surface area (Å²) in [6.07, 6.45) is 0. The molecule has 2 N–H and O–H groups in total. The van der Waals surface area contributed by atoms with Crippen LogP contribution in [0.15, 0.2) is 29.3 Å². The third kappa shape index (κ3) is 4.06. The number of nitrogens with one attached hydrogen (secondary N) is 2. The lowest BCUT2D eigenvalue weighted by Crippen LogP contribution is -2.72. The zero-order valence-corrected chi connectivity index (χ0v) is 16.1. The number of carbonyl (C=O) groups is 1. The Bertz CT molecular complexity index is 635. The van der Waals surface area contributed by atoms with Crippen LogP contribution in [0.4, 0.5) is 0 Å². The number of benzene rings is 1. The number of methoxy groups -OCH3 is 1. The van der Waals surface area contributed by atoms with E-state index in [-0.39, 0.29) is 23.4 Å². The van der Waals surface area contributed by atoms with E-state index in [4.69, 9.17) is 4.74 Å². The molecular formula is C19H30N4O2. The number of hydrogen-bond donors (Lipinski definition) is 2. The molecule has 6 nitrogen and oxygen atoms in total. The number of likely N-dealkylation sites (tertiary alicyclic amines) is 1. The fraction of sp³-hybridized carbons (Fsp3) is 0.579. The molecule has 0 aliphatic carbocycles. The SMILES string of the molecule is CN=C(NCC(=O)NCc1ccc(OC)cc1)N1CC(C)(C)C1(C)C. The van der Waals surface area contributed by atoms with Gasteiger partial charge < -0.3 is 20.3 Å². The Morgan fingerprint density at radius 3 is 2.32 bits per heavy atom. The summed E-state index contributed by atoms with van der Waals surface area (Å²) in [6.45, 7) is 10.5. The Kier molecular flexibility index (Phi) is 5.60. The fourth-order valence-corrected chi connectivity index (χ4v) is 2.86. The van der Waals surface area contributed by atoms with Crippen LogP contribution in [0.5, 0.6) is 5.75 Å². The highest BCUT2D eigenvalue weighted by molar-refractivity contribution is 5.87. The van der Waals surface area contributed by atoms with Gasteiger partial charge in [-0.05, 0) is 31.5 Å². The van der Waals surface area contributed by atoms with Crippen LogP contribution in [-0.4, -0.2) is 49.6 Å². The fourth-order valence-electron chi connectivity index (χ4n) is 2.86. The highest BCUT2D eigenvalue weighted by Crippen LogP contribution is 2.46. The van der Waals surface area contributed by atoms with Crippen LogP contribution in [0.2, 0.25) is 0 Å². The first kappa shape index (κ1) is 19.1. The van der Waals surface area contributed by atoms with Crippen molar-refractivity contribution in [1.29, 1.82) is 0 Å². The van der Waals surface area contributed by atoms with Crippen molar-refractivity contribution in [2.75, 3.05) is 27.2 Å². The summed E-state index contributed by atoms with van der Waals surface area (Å²) in [5.74, 6) is 1.51. The van der Waals surface area contributed by atoms with Crippen LogP contribution in [0.3, 0.4) is 0 Å². The van der Waals surface area contributed by atoms with Gasteiger partial charge in [-0.3, -0.25) is 9.79 Å². The second-order valence-corrected chi connectivity index (χ2v) is 7.55. The summed E-state index contributed by atoms with van der Waals surface area (Å²) in [7, 11) is 3.38. The maximum absolute atomic E-state index is 12.1. The monoisotopic (exact) mass is 346 g/mol. The molecule has 2 rings (SSSR count). The number of amides is 1. The van der Waals surface area contributed by atoms with Crippen LogP contribution >= 0.6 is 0 Å². The van der Waals surface area contributed by atoms with E-state index in [1.807, 2.05) is 24.3 Å². The number of rotatable bonds is 5. The average molecular weight is 346 g/mol. The summed E-state index contributed by atoms with van der Waals surface area (Å²) in [5.41, 5.74) is 1.26. The van der Waals surface area contributed by atoms with E-state index in [0.29, 0.717) is 6.54 Å². The van der Waals surface area contributed by atoms with Crippen molar-refractivity contribution in [3.05, 3.63) is 29.8 Å². The molecule has 0 atom stereocenters. The highest BCUT2D eigenvalue weighted by Gasteiger charge is 2.53. The van der Waals surface area contributed by atoms with Crippen LogP contribution in [0.1, 0.15) is 33.3 Å². The van der Waals surface area contributed by atoms with E-state index in [9.17, 15) is 4.79 Å². The van der Waals surface area contributed by atoms with Crippen LogP contribution in [0, 0.1) is 5.41 Å². The highest BCUT2D eigenvalue weighted by atomic mass is 16.5. The van der Waals surface area contributed by atoms with Crippen molar-refractivity contribution in [1.82, 2.24) is 15.5 Å². The largest absolute Gasteiger partial charge is 0.497 e. The summed E-state index contributed by atoms with van der Waals surface area (Å²) in [6, 6.07) is 7.65. The van der Waals surface area contributed by atoms with Crippen LogP contribution < -0.4 is 15.4 Å². The molecule has 1 aliphatic heterocycles. The van der Waals surface area contributed by atoms with Crippen molar-refractivity contribution >= 4 is 11.9 Å². The van der Waals surface area contributed by atoms with E-state index in [1.54, 1.807) is 14.2 Å². The van der Waals surface area contributed by atoms with E-state index < -0.39 is 0 Å². The molecule has 25 heavy (non-hydrogen) atoms. The number of nitrogens with zero attached hydrogens (tertiary/aromatic N) is 2. The smallest absolute Gasteiger partial charge is 0.239 e. The van der Waals surface area contributed by atoms with Gasteiger partial charge in [-0.1, -0.05) is 26.0 Å². The number of aliphatic imine (C=N–C) groups is 1. The van der Waals surface area contributed by atoms with E-state index in [1.165, 1.54) is 0 Å². The number of carbonyl (C=O) groups excluding carboxylic acids is 1. The van der Waals surface area contributed by atoms with Gasteiger partial charge in [-0.25, -0.2) is 0 Å². The maximum atomic E-state index is 12.1. The van der Waals surface area contributed by atoms with Crippen LogP contribution in [0.25, 0.3) is 0 Å². The van der Waals surface area contributed by atoms with Gasteiger partial charge in [0.2, 0.25) is 5.91 Å². The molecule has 1 saturated heterocycles. The Morgan fingerprint density at radius 2 is 1.84 bits per heavy atom. The summed E-state index contributed by atoms with van der Waals surface area (Å²) in [5, 5.41) is 6.07. The normalized spacial score (nSPS) is 18.3. The molecular weight excluding hydrogens is 316 g/mol. The number of guanidine groups is 1. The quantitative estimate of drug-likeness (QED) is 0.632. The molecule has 6 heteroatoms. The lowest BCUT2D eigenvalue weighted by molar-refractivity contribution is -0.120. The van der Waals surface area contributed by atoms with Gasteiger partial charge in [-0.2, -0.15) is 0 Å². The van der Waals surface area contributed by atoms with Gasteiger partial charge >= 0.3 is 0 Å². The molecule has 138 valence electrons. The molecule has 1 aromatic rings.